The summed E-state index contributed by atoms with van der Waals surface area (Å²) in [6.45, 7) is 8.97. The summed E-state index contributed by atoms with van der Waals surface area (Å²) in [7, 11) is 0. The fourth-order valence-corrected chi connectivity index (χ4v) is 1.71. The molecule has 1 heterocycles. The second-order valence-electron chi connectivity index (χ2n) is 4.90. The van der Waals surface area contributed by atoms with E-state index in [0.29, 0.717) is 6.61 Å². The zero-order valence-corrected chi connectivity index (χ0v) is 10.5. The van der Waals surface area contributed by atoms with E-state index in [9.17, 15) is 0 Å². The van der Waals surface area contributed by atoms with Gasteiger partial charge in [-0.25, -0.2) is 0 Å². The van der Waals surface area contributed by atoms with E-state index >= 15 is 0 Å². The maximum Gasteiger partial charge on any atom is 0.0831 e. The largest absolute Gasteiger partial charge is 0.376 e. The SMILES string of the molecule is CCOC(C(N)c1cnccn1)C(C)(C)C. The Balaban J connectivity index is 2.87. The second kappa shape index (κ2) is 5.37. The van der Waals surface area contributed by atoms with Gasteiger partial charge in [-0.15, -0.1) is 0 Å². The van der Waals surface area contributed by atoms with Crippen molar-refractivity contribution in [3.63, 3.8) is 0 Å². The third-order valence-corrected chi connectivity index (χ3v) is 2.45. The number of aromatic nitrogens is 2. The Morgan fingerprint density at radius 1 is 1.38 bits per heavy atom. The number of nitrogens with zero attached hydrogens (tertiary/aromatic N) is 2. The van der Waals surface area contributed by atoms with Crippen molar-refractivity contribution in [1.82, 2.24) is 9.97 Å². The van der Waals surface area contributed by atoms with Crippen molar-refractivity contribution < 1.29 is 4.74 Å². The van der Waals surface area contributed by atoms with Crippen molar-refractivity contribution in [1.29, 1.82) is 0 Å². The number of nitrogens with two attached hydrogens (primary N) is 1. The van der Waals surface area contributed by atoms with E-state index in [-0.39, 0.29) is 17.6 Å². The van der Waals surface area contributed by atoms with Crippen LogP contribution in [-0.2, 0) is 4.74 Å². The maximum atomic E-state index is 6.18. The van der Waals surface area contributed by atoms with E-state index in [4.69, 9.17) is 10.5 Å². The molecule has 16 heavy (non-hydrogen) atoms. The Morgan fingerprint density at radius 2 is 2.06 bits per heavy atom. The van der Waals surface area contributed by atoms with Crippen LogP contribution in [0.5, 0.6) is 0 Å². The van der Waals surface area contributed by atoms with Crippen LogP contribution in [0.1, 0.15) is 39.4 Å². The highest BCUT2D eigenvalue weighted by atomic mass is 16.5. The van der Waals surface area contributed by atoms with Crippen LogP contribution in [-0.4, -0.2) is 22.7 Å². The van der Waals surface area contributed by atoms with Crippen molar-refractivity contribution >= 4 is 0 Å². The van der Waals surface area contributed by atoms with E-state index in [1.165, 1.54) is 0 Å². The minimum absolute atomic E-state index is 0.0209. The molecule has 0 radical (unpaired) electrons. The molecule has 1 aromatic heterocycles. The molecule has 0 aliphatic heterocycles. The molecule has 0 aliphatic rings. The van der Waals surface area contributed by atoms with E-state index in [2.05, 4.69) is 30.7 Å². The van der Waals surface area contributed by atoms with Gasteiger partial charge >= 0.3 is 0 Å². The minimum atomic E-state index is -0.242. The molecular weight excluding hydrogens is 202 g/mol. The van der Waals surface area contributed by atoms with Crippen LogP contribution in [0.3, 0.4) is 0 Å². The normalized spacial score (nSPS) is 15.8. The van der Waals surface area contributed by atoms with Crippen LogP contribution >= 0.6 is 0 Å². The number of rotatable bonds is 4. The van der Waals surface area contributed by atoms with Crippen molar-refractivity contribution in [2.75, 3.05) is 6.61 Å². The third-order valence-electron chi connectivity index (χ3n) is 2.45. The molecule has 0 aliphatic carbocycles. The van der Waals surface area contributed by atoms with Crippen LogP contribution in [0.15, 0.2) is 18.6 Å². The predicted molar refractivity (Wildman–Crippen MR) is 63.8 cm³/mol. The van der Waals surface area contributed by atoms with Gasteiger partial charge in [-0.1, -0.05) is 20.8 Å². The molecule has 1 aromatic rings. The van der Waals surface area contributed by atoms with E-state index in [1.54, 1.807) is 18.6 Å². The quantitative estimate of drug-likeness (QED) is 0.847. The van der Waals surface area contributed by atoms with Gasteiger partial charge in [0.2, 0.25) is 0 Å². The minimum Gasteiger partial charge on any atom is -0.376 e. The van der Waals surface area contributed by atoms with Crippen molar-refractivity contribution in [2.24, 2.45) is 11.1 Å². The molecule has 0 spiro atoms. The molecule has 90 valence electrons. The van der Waals surface area contributed by atoms with Gasteiger partial charge in [0.05, 0.1) is 24.0 Å². The molecule has 1 rings (SSSR count). The first-order valence-corrected chi connectivity index (χ1v) is 5.60. The monoisotopic (exact) mass is 223 g/mol. The molecule has 0 amide bonds. The Hall–Kier alpha value is -1.00. The van der Waals surface area contributed by atoms with E-state index in [1.807, 2.05) is 6.92 Å². The average molecular weight is 223 g/mol. The van der Waals surface area contributed by atoms with E-state index < -0.39 is 0 Å². The lowest BCUT2D eigenvalue weighted by molar-refractivity contribution is -0.0291. The predicted octanol–water partition coefficient (Wildman–Crippen LogP) is 1.93. The Bertz CT molecular complexity index is 308. The van der Waals surface area contributed by atoms with Gasteiger partial charge in [-0.3, -0.25) is 9.97 Å². The summed E-state index contributed by atoms with van der Waals surface area (Å²) in [4.78, 5) is 8.26. The maximum absolute atomic E-state index is 6.18. The van der Waals surface area contributed by atoms with Crippen molar-refractivity contribution in [3.8, 4) is 0 Å². The Kier molecular flexibility index (Phi) is 4.38. The van der Waals surface area contributed by atoms with Gasteiger partial charge in [0, 0.05) is 19.0 Å². The molecule has 4 nitrogen and oxygen atoms in total. The van der Waals surface area contributed by atoms with Crippen LogP contribution in [0.4, 0.5) is 0 Å². The summed E-state index contributed by atoms with van der Waals surface area (Å²) in [6, 6.07) is -0.242. The summed E-state index contributed by atoms with van der Waals surface area (Å²) >= 11 is 0. The summed E-state index contributed by atoms with van der Waals surface area (Å²) in [5.74, 6) is 0. The molecule has 4 heteroatoms. The van der Waals surface area contributed by atoms with Crippen LogP contribution < -0.4 is 5.73 Å². The Morgan fingerprint density at radius 3 is 2.50 bits per heavy atom. The highest BCUT2D eigenvalue weighted by Gasteiger charge is 2.32. The lowest BCUT2D eigenvalue weighted by atomic mass is 9.84. The highest BCUT2D eigenvalue weighted by Crippen LogP contribution is 2.30. The third kappa shape index (κ3) is 3.25. The fraction of sp³-hybridized carbons (Fsp3) is 0.667. The molecule has 0 aromatic carbocycles. The first-order valence-electron chi connectivity index (χ1n) is 5.60. The lowest BCUT2D eigenvalue weighted by Crippen LogP contribution is -2.39. The average Bonchev–Trinajstić information content (AvgIpc) is 2.25. The summed E-state index contributed by atoms with van der Waals surface area (Å²) in [6.07, 6.45) is 4.93. The summed E-state index contributed by atoms with van der Waals surface area (Å²) < 4.78 is 5.73. The first kappa shape index (κ1) is 13.1. The zero-order chi connectivity index (χ0) is 12.2. The van der Waals surface area contributed by atoms with Gasteiger partial charge in [0.15, 0.2) is 0 Å². The lowest BCUT2D eigenvalue weighted by Gasteiger charge is -2.34. The van der Waals surface area contributed by atoms with Crippen molar-refractivity contribution in [2.45, 2.75) is 39.8 Å². The summed E-state index contributed by atoms with van der Waals surface area (Å²) in [5, 5.41) is 0. The first-order chi connectivity index (χ1) is 7.46. The molecule has 0 saturated carbocycles. The number of hydrogen-bond acceptors (Lipinski definition) is 4. The molecule has 0 saturated heterocycles. The van der Waals surface area contributed by atoms with Crippen LogP contribution in [0.2, 0.25) is 0 Å². The van der Waals surface area contributed by atoms with Gasteiger partial charge in [0.1, 0.15) is 0 Å². The van der Waals surface area contributed by atoms with Crippen molar-refractivity contribution in [3.05, 3.63) is 24.3 Å². The van der Waals surface area contributed by atoms with Crippen LogP contribution in [0, 0.1) is 5.41 Å². The fourth-order valence-electron chi connectivity index (χ4n) is 1.71. The standard InChI is InChI=1S/C12H21N3O/c1-5-16-11(12(2,3)4)10(13)9-8-14-6-7-15-9/h6-8,10-11H,5,13H2,1-4H3. The van der Waals surface area contributed by atoms with Crippen LogP contribution in [0.25, 0.3) is 0 Å². The summed E-state index contributed by atoms with van der Waals surface area (Å²) in [5.41, 5.74) is 6.94. The molecule has 0 fully saturated rings. The molecule has 2 unspecified atom stereocenters. The Labute approximate surface area is 97.2 Å². The zero-order valence-electron chi connectivity index (χ0n) is 10.5. The highest BCUT2D eigenvalue weighted by molar-refractivity contribution is 5.05. The second-order valence-corrected chi connectivity index (χ2v) is 4.90. The van der Waals surface area contributed by atoms with Gasteiger partial charge in [-0.05, 0) is 12.3 Å². The molecule has 0 bridgehead atoms. The molecule has 2 N–H and O–H groups in total. The molecular formula is C12H21N3O. The van der Waals surface area contributed by atoms with E-state index in [0.717, 1.165) is 5.69 Å². The smallest absolute Gasteiger partial charge is 0.0831 e. The van der Waals surface area contributed by atoms with Gasteiger partial charge in [-0.2, -0.15) is 0 Å². The van der Waals surface area contributed by atoms with Gasteiger partial charge in [0.25, 0.3) is 0 Å². The van der Waals surface area contributed by atoms with Gasteiger partial charge < -0.3 is 10.5 Å². The molecule has 2 atom stereocenters. The topological polar surface area (TPSA) is 61.0 Å². The number of hydrogen-bond donors (Lipinski definition) is 1. The number of ether oxygens (including phenoxy) is 1.